The van der Waals surface area contributed by atoms with Crippen LogP contribution >= 0.6 is 11.6 Å². The molecule has 1 N–H and O–H groups in total. The van der Waals surface area contributed by atoms with Gasteiger partial charge >= 0.3 is 0 Å². The summed E-state index contributed by atoms with van der Waals surface area (Å²) in [5, 5.41) is 14.4. The first-order chi connectivity index (χ1) is 16.3. The highest BCUT2D eigenvalue weighted by Gasteiger charge is 2.22. The van der Waals surface area contributed by atoms with Crippen LogP contribution in [-0.2, 0) is 0 Å². The minimum Gasteiger partial charge on any atom is -0.368 e. The smallest absolute Gasteiger partial charge is 0.272 e. The van der Waals surface area contributed by atoms with E-state index in [9.17, 15) is 19.7 Å². The number of nitrogens with zero attached hydrogens (tertiary/aromatic N) is 3. The van der Waals surface area contributed by atoms with Crippen LogP contribution in [0.4, 0.5) is 17.1 Å². The van der Waals surface area contributed by atoms with Gasteiger partial charge < -0.3 is 15.1 Å². The molecule has 0 aliphatic carbocycles. The van der Waals surface area contributed by atoms with E-state index in [-0.39, 0.29) is 17.5 Å². The van der Waals surface area contributed by atoms with Crippen molar-refractivity contribution in [3.05, 3.63) is 98.6 Å². The maximum Gasteiger partial charge on any atom is 0.272 e. The zero-order valence-electron chi connectivity index (χ0n) is 18.5. The van der Waals surface area contributed by atoms with E-state index >= 15 is 0 Å². The standard InChI is InChI=1S/C25H23ClN4O4/c1-17-16-19(4-11-23(17)30(33)34)24(31)27-21-7-9-22(10-8-21)28-12-14-29(15-13-28)25(32)18-2-5-20(26)6-3-18/h2-11,16H,12-15H2,1H3,(H,27,31). The second-order valence-corrected chi connectivity index (χ2v) is 8.48. The predicted molar refractivity (Wildman–Crippen MR) is 132 cm³/mol. The number of hydrogen-bond acceptors (Lipinski definition) is 5. The molecule has 1 fully saturated rings. The molecule has 1 aliphatic rings. The van der Waals surface area contributed by atoms with Gasteiger partial charge in [-0.1, -0.05) is 11.6 Å². The van der Waals surface area contributed by atoms with E-state index in [1.807, 2.05) is 29.2 Å². The number of hydrogen-bond donors (Lipinski definition) is 1. The van der Waals surface area contributed by atoms with Crippen LogP contribution in [0.2, 0.25) is 5.02 Å². The number of nitro groups is 1. The molecule has 0 spiro atoms. The molecule has 1 heterocycles. The third kappa shape index (κ3) is 5.18. The highest BCUT2D eigenvalue weighted by molar-refractivity contribution is 6.30. The number of benzene rings is 3. The second-order valence-electron chi connectivity index (χ2n) is 8.05. The van der Waals surface area contributed by atoms with E-state index in [1.54, 1.807) is 31.2 Å². The Hall–Kier alpha value is -3.91. The number of aryl methyl sites for hydroxylation is 1. The molecule has 2 amide bonds. The van der Waals surface area contributed by atoms with E-state index in [0.29, 0.717) is 53.6 Å². The summed E-state index contributed by atoms with van der Waals surface area (Å²) in [4.78, 5) is 39.7. The Kier molecular flexibility index (Phi) is 6.79. The predicted octanol–water partition coefficient (Wildman–Crippen LogP) is 4.77. The molecule has 0 saturated carbocycles. The molecule has 1 aliphatic heterocycles. The lowest BCUT2D eigenvalue weighted by atomic mass is 10.1. The van der Waals surface area contributed by atoms with Gasteiger partial charge in [-0.15, -0.1) is 0 Å². The average molecular weight is 479 g/mol. The van der Waals surface area contributed by atoms with Gasteiger partial charge in [0.05, 0.1) is 4.92 Å². The first kappa shape index (κ1) is 23.3. The number of carbonyl (C=O) groups is 2. The van der Waals surface area contributed by atoms with Gasteiger partial charge in [0.1, 0.15) is 0 Å². The van der Waals surface area contributed by atoms with Gasteiger partial charge in [0.2, 0.25) is 0 Å². The quantitative estimate of drug-likeness (QED) is 0.421. The van der Waals surface area contributed by atoms with Gasteiger partial charge in [0.25, 0.3) is 17.5 Å². The van der Waals surface area contributed by atoms with Gasteiger partial charge in [-0.05, 0) is 67.6 Å². The van der Waals surface area contributed by atoms with Crippen molar-refractivity contribution in [2.75, 3.05) is 36.4 Å². The average Bonchev–Trinajstić information content (AvgIpc) is 2.84. The van der Waals surface area contributed by atoms with Gasteiger partial charge in [-0.3, -0.25) is 19.7 Å². The van der Waals surface area contributed by atoms with E-state index in [1.165, 1.54) is 18.2 Å². The van der Waals surface area contributed by atoms with E-state index in [0.717, 1.165) is 5.69 Å². The van der Waals surface area contributed by atoms with Crippen molar-refractivity contribution >= 4 is 40.5 Å². The summed E-state index contributed by atoms with van der Waals surface area (Å²) in [5.74, 6) is -0.337. The van der Waals surface area contributed by atoms with Crippen molar-refractivity contribution in [3.63, 3.8) is 0 Å². The topological polar surface area (TPSA) is 95.8 Å². The lowest BCUT2D eigenvalue weighted by molar-refractivity contribution is -0.385. The summed E-state index contributed by atoms with van der Waals surface area (Å²) in [6, 6.07) is 18.7. The number of halogens is 1. The molecule has 0 unspecified atom stereocenters. The maximum absolute atomic E-state index is 12.7. The Labute approximate surface area is 201 Å². The number of anilines is 2. The fourth-order valence-corrected chi connectivity index (χ4v) is 4.03. The second kappa shape index (κ2) is 9.93. The van der Waals surface area contributed by atoms with Gasteiger partial charge in [0.15, 0.2) is 0 Å². The molecule has 0 radical (unpaired) electrons. The third-order valence-corrected chi connectivity index (χ3v) is 6.06. The van der Waals surface area contributed by atoms with E-state index in [4.69, 9.17) is 11.6 Å². The number of nitro benzene ring substituents is 1. The SMILES string of the molecule is Cc1cc(C(=O)Nc2ccc(N3CCN(C(=O)c4ccc(Cl)cc4)CC3)cc2)ccc1[N+](=O)[O-]. The first-order valence-corrected chi connectivity index (χ1v) is 11.2. The summed E-state index contributed by atoms with van der Waals surface area (Å²) < 4.78 is 0. The zero-order valence-corrected chi connectivity index (χ0v) is 19.3. The Balaban J connectivity index is 1.34. The maximum atomic E-state index is 12.7. The molecule has 0 aromatic heterocycles. The van der Waals surface area contributed by atoms with Gasteiger partial charge in [0, 0.05) is 65.3 Å². The monoisotopic (exact) mass is 478 g/mol. The number of rotatable bonds is 5. The Morgan fingerprint density at radius 2 is 1.53 bits per heavy atom. The number of carbonyl (C=O) groups excluding carboxylic acids is 2. The van der Waals surface area contributed by atoms with Crippen molar-refractivity contribution < 1.29 is 14.5 Å². The summed E-state index contributed by atoms with van der Waals surface area (Å²) in [6.07, 6.45) is 0. The van der Waals surface area contributed by atoms with Crippen LogP contribution < -0.4 is 10.2 Å². The summed E-state index contributed by atoms with van der Waals surface area (Å²) in [5.41, 5.74) is 3.02. The highest BCUT2D eigenvalue weighted by atomic mass is 35.5. The minimum absolute atomic E-state index is 0.00384. The lowest BCUT2D eigenvalue weighted by Crippen LogP contribution is -2.48. The molecule has 0 atom stereocenters. The third-order valence-electron chi connectivity index (χ3n) is 5.80. The molecule has 1 saturated heterocycles. The Morgan fingerprint density at radius 3 is 2.12 bits per heavy atom. The number of piperazine rings is 1. The van der Waals surface area contributed by atoms with Crippen LogP contribution in [0.25, 0.3) is 0 Å². The van der Waals surface area contributed by atoms with Crippen molar-refractivity contribution in [2.24, 2.45) is 0 Å². The van der Waals surface area contributed by atoms with Crippen LogP contribution in [0.5, 0.6) is 0 Å². The number of amides is 2. The van der Waals surface area contributed by atoms with E-state index < -0.39 is 4.92 Å². The Bertz CT molecular complexity index is 1220. The zero-order chi connectivity index (χ0) is 24.2. The fraction of sp³-hybridized carbons (Fsp3) is 0.200. The van der Waals surface area contributed by atoms with Crippen molar-refractivity contribution in [1.29, 1.82) is 0 Å². The van der Waals surface area contributed by atoms with Gasteiger partial charge in [-0.25, -0.2) is 0 Å². The molecular formula is C25H23ClN4O4. The molecular weight excluding hydrogens is 456 g/mol. The highest BCUT2D eigenvalue weighted by Crippen LogP contribution is 2.23. The van der Waals surface area contributed by atoms with Crippen LogP contribution in [0.15, 0.2) is 66.7 Å². The van der Waals surface area contributed by atoms with Crippen LogP contribution in [0, 0.1) is 17.0 Å². The molecule has 0 bridgehead atoms. The molecule has 9 heteroatoms. The molecule has 174 valence electrons. The summed E-state index contributed by atoms with van der Waals surface area (Å²) in [7, 11) is 0. The summed E-state index contributed by atoms with van der Waals surface area (Å²) in [6.45, 7) is 4.23. The van der Waals surface area contributed by atoms with Gasteiger partial charge in [-0.2, -0.15) is 0 Å². The van der Waals surface area contributed by atoms with Crippen molar-refractivity contribution in [3.8, 4) is 0 Å². The largest absolute Gasteiger partial charge is 0.368 e. The van der Waals surface area contributed by atoms with Crippen molar-refractivity contribution in [1.82, 2.24) is 4.90 Å². The van der Waals surface area contributed by atoms with Crippen molar-refractivity contribution in [2.45, 2.75) is 6.92 Å². The summed E-state index contributed by atoms with van der Waals surface area (Å²) >= 11 is 5.90. The fourth-order valence-electron chi connectivity index (χ4n) is 3.90. The molecule has 4 rings (SSSR count). The van der Waals surface area contributed by atoms with Crippen LogP contribution in [-0.4, -0.2) is 47.8 Å². The van der Waals surface area contributed by atoms with Crippen LogP contribution in [0.1, 0.15) is 26.3 Å². The van der Waals surface area contributed by atoms with E-state index in [2.05, 4.69) is 10.2 Å². The van der Waals surface area contributed by atoms with Crippen LogP contribution in [0.3, 0.4) is 0 Å². The first-order valence-electron chi connectivity index (χ1n) is 10.8. The lowest BCUT2D eigenvalue weighted by Gasteiger charge is -2.36. The molecule has 3 aromatic carbocycles. The normalized spacial score (nSPS) is 13.5. The minimum atomic E-state index is -0.469. The molecule has 8 nitrogen and oxygen atoms in total. The molecule has 3 aromatic rings. The number of nitrogens with one attached hydrogen (secondary N) is 1. The molecule has 34 heavy (non-hydrogen) atoms. The Morgan fingerprint density at radius 1 is 0.912 bits per heavy atom.